The van der Waals surface area contributed by atoms with Crippen molar-refractivity contribution in [3.63, 3.8) is 0 Å². The predicted octanol–water partition coefficient (Wildman–Crippen LogP) is 4.85. The van der Waals surface area contributed by atoms with Gasteiger partial charge in [-0.15, -0.1) is 0 Å². The number of amides is 2. The van der Waals surface area contributed by atoms with Crippen LogP contribution in [0.2, 0.25) is 10.0 Å². The van der Waals surface area contributed by atoms with Gasteiger partial charge < -0.3 is 10.6 Å². The van der Waals surface area contributed by atoms with Crippen LogP contribution in [-0.4, -0.2) is 11.8 Å². The normalized spacial score (nSPS) is 10.7. The van der Waals surface area contributed by atoms with Crippen LogP contribution in [0, 0.1) is 5.82 Å². The van der Waals surface area contributed by atoms with Crippen molar-refractivity contribution in [1.82, 2.24) is 10.6 Å². The standard InChI is InChI=1S/C23H19Cl2FN2O2/c24-17-9-5-15(6-10-17)13-21(29)27-23(19-3-1-2-4-20(19)26)28-22(30)14-16-7-11-18(25)12-8-16/h1-12,23H,13-14H2,(H,27,29)(H,28,30). The van der Waals surface area contributed by atoms with Crippen LogP contribution >= 0.6 is 23.2 Å². The lowest BCUT2D eigenvalue weighted by Crippen LogP contribution is -2.42. The Hall–Kier alpha value is -2.89. The fourth-order valence-electron chi connectivity index (χ4n) is 2.90. The lowest BCUT2D eigenvalue weighted by Gasteiger charge is -2.21. The van der Waals surface area contributed by atoms with Gasteiger partial charge in [-0.05, 0) is 41.5 Å². The highest BCUT2D eigenvalue weighted by molar-refractivity contribution is 6.30. The van der Waals surface area contributed by atoms with E-state index in [0.717, 1.165) is 11.1 Å². The van der Waals surface area contributed by atoms with Gasteiger partial charge >= 0.3 is 0 Å². The van der Waals surface area contributed by atoms with E-state index in [4.69, 9.17) is 23.2 Å². The zero-order valence-electron chi connectivity index (χ0n) is 15.9. The Labute approximate surface area is 184 Å². The van der Waals surface area contributed by atoms with Gasteiger partial charge in [0.1, 0.15) is 12.0 Å². The van der Waals surface area contributed by atoms with Gasteiger partial charge in [-0.25, -0.2) is 4.39 Å². The van der Waals surface area contributed by atoms with E-state index in [1.54, 1.807) is 60.7 Å². The van der Waals surface area contributed by atoms with Crippen molar-refractivity contribution in [1.29, 1.82) is 0 Å². The molecule has 0 aliphatic heterocycles. The van der Waals surface area contributed by atoms with Crippen molar-refractivity contribution in [3.05, 3.63) is 105 Å². The molecule has 30 heavy (non-hydrogen) atoms. The van der Waals surface area contributed by atoms with Crippen molar-refractivity contribution >= 4 is 35.0 Å². The smallest absolute Gasteiger partial charge is 0.226 e. The molecule has 3 aromatic carbocycles. The molecule has 0 unspecified atom stereocenters. The molecule has 0 saturated heterocycles. The number of carbonyl (C=O) groups is 2. The molecule has 0 aliphatic carbocycles. The minimum Gasteiger partial charge on any atom is -0.332 e. The Bertz CT molecular complexity index is 963. The molecule has 0 spiro atoms. The highest BCUT2D eigenvalue weighted by Gasteiger charge is 2.20. The van der Waals surface area contributed by atoms with Crippen LogP contribution < -0.4 is 10.6 Å². The molecule has 2 amide bonds. The number of rotatable bonds is 7. The number of hydrogen-bond donors (Lipinski definition) is 2. The van der Waals surface area contributed by atoms with Gasteiger partial charge in [0.15, 0.2) is 0 Å². The van der Waals surface area contributed by atoms with Crippen LogP contribution in [0.5, 0.6) is 0 Å². The Balaban J connectivity index is 1.72. The monoisotopic (exact) mass is 444 g/mol. The molecule has 0 atom stereocenters. The zero-order chi connectivity index (χ0) is 21.5. The summed E-state index contributed by atoms with van der Waals surface area (Å²) in [6.45, 7) is 0. The first-order valence-electron chi connectivity index (χ1n) is 9.23. The molecule has 4 nitrogen and oxygen atoms in total. The fourth-order valence-corrected chi connectivity index (χ4v) is 3.15. The van der Waals surface area contributed by atoms with E-state index in [2.05, 4.69) is 10.6 Å². The maximum Gasteiger partial charge on any atom is 0.226 e. The number of halogens is 3. The molecule has 0 fully saturated rings. The van der Waals surface area contributed by atoms with E-state index < -0.39 is 12.0 Å². The molecule has 0 radical (unpaired) electrons. The van der Waals surface area contributed by atoms with Gasteiger partial charge in [-0.3, -0.25) is 9.59 Å². The fraction of sp³-hybridized carbons (Fsp3) is 0.130. The van der Waals surface area contributed by atoms with Gasteiger partial charge in [0.05, 0.1) is 12.8 Å². The summed E-state index contributed by atoms with van der Waals surface area (Å²) in [6, 6.07) is 19.7. The summed E-state index contributed by atoms with van der Waals surface area (Å²) in [7, 11) is 0. The molecule has 2 N–H and O–H groups in total. The van der Waals surface area contributed by atoms with Crippen LogP contribution in [0.1, 0.15) is 22.9 Å². The molecular formula is C23H19Cl2FN2O2. The summed E-state index contributed by atoms with van der Waals surface area (Å²) in [5.74, 6) is -1.25. The Kier molecular flexibility index (Phi) is 7.44. The maximum absolute atomic E-state index is 14.4. The number of benzene rings is 3. The molecule has 0 saturated carbocycles. The molecule has 0 bridgehead atoms. The summed E-state index contributed by atoms with van der Waals surface area (Å²) in [4.78, 5) is 25.1. The van der Waals surface area contributed by atoms with E-state index >= 15 is 0 Å². The number of nitrogens with one attached hydrogen (secondary N) is 2. The zero-order valence-corrected chi connectivity index (χ0v) is 17.4. The van der Waals surface area contributed by atoms with Crippen LogP contribution in [0.15, 0.2) is 72.8 Å². The minimum atomic E-state index is -1.01. The van der Waals surface area contributed by atoms with Gasteiger partial charge in [-0.1, -0.05) is 65.7 Å². The van der Waals surface area contributed by atoms with E-state index in [1.807, 2.05) is 0 Å². The third kappa shape index (κ3) is 6.31. The highest BCUT2D eigenvalue weighted by Crippen LogP contribution is 2.17. The van der Waals surface area contributed by atoms with Crippen molar-refractivity contribution < 1.29 is 14.0 Å². The maximum atomic E-state index is 14.4. The summed E-state index contributed by atoms with van der Waals surface area (Å²) < 4.78 is 14.4. The van der Waals surface area contributed by atoms with Crippen molar-refractivity contribution in [3.8, 4) is 0 Å². The average Bonchev–Trinajstić information content (AvgIpc) is 2.71. The molecule has 0 heterocycles. The van der Waals surface area contributed by atoms with E-state index in [1.165, 1.54) is 12.1 Å². The van der Waals surface area contributed by atoms with Crippen LogP contribution in [-0.2, 0) is 22.4 Å². The highest BCUT2D eigenvalue weighted by atomic mass is 35.5. The van der Waals surface area contributed by atoms with Crippen LogP contribution in [0.4, 0.5) is 4.39 Å². The number of carbonyl (C=O) groups excluding carboxylic acids is 2. The van der Waals surface area contributed by atoms with Crippen LogP contribution in [0.3, 0.4) is 0 Å². The molecule has 154 valence electrons. The Morgan fingerprint density at radius 3 is 1.60 bits per heavy atom. The third-order valence-corrected chi connectivity index (χ3v) is 4.89. The van der Waals surface area contributed by atoms with Crippen molar-refractivity contribution in [2.45, 2.75) is 19.0 Å². The van der Waals surface area contributed by atoms with E-state index in [9.17, 15) is 14.0 Å². The summed E-state index contributed by atoms with van der Waals surface area (Å²) in [5.41, 5.74) is 1.67. The van der Waals surface area contributed by atoms with Crippen molar-refractivity contribution in [2.24, 2.45) is 0 Å². The van der Waals surface area contributed by atoms with E-state index in [0.29, 0.717) is 10.0 Å². The Morgan fingerprint density at radius 1 is 0.733 bits per heavy atom. The topological polar surface area (TPSA) is 58.2 Å². The summed E-state index contributed by atoms with van der Waals surface area (Å²) >= 11 is 11.7. The van der Waals surface area contributed by atoms with Gasteiger partial charge in [0, 0.05) is 15.6 Å². The van der Waals surface area contributed by atoms with E-state index in [-0.39, 0.29) is 30.2 Å². The first-order chi connectivity index (χ1) is 14.4. The predicted molar refractivity (Wildman–Crippen MR) is 116 cm³/mol. The minimum absolute atomic E-state index is 0.0647. The van der Waals surface area contributed by atoms with Crippen LogP contribution in [0.25, 0.3) is 0 Å². The molecular weight excluding hydrogens is 426 g/mol. The molecule has 0 aliphatic rings. The summed E-state index contributed by atoms with van der Waals surface area (Å²) in [5, 5.41) is 6.53. The quantitative estimate of drug-likeness (QED) is 0.511. The van der Waals surface area contributed by atoms with Crippen molar-refractivity contribution in [2.75, 3.05) is 0 Å². The van der Waals surface area contributed by atoms with Gasteiger partial charge in [0.25, 0.3) is 0 Å². The molecule has 0 aromatic heterocycles. The second-order valence-electron chi connectivity index (χ2n) is 6.70. The Morgan fingerprint density at radius 2 is 1.17 bits per heavy atom. The second-order valence-corrected chi connectivity index (χ2v) is 7.57. The van der Waals surface area contributed by atoms with Gasteiger partial charge in [0.2, 0.25) is 11.8 Å². The largest absolute Gasteiger partial charge is 0.332 e. The lowest BCUT2D eigenvalue weighted by molar-refractivity contribution is -0.123. The lowest BCUT2D eigenvalue weighted by atomic mass is 10.1. The summed E-state index contributed by atoms with van der Waals surface area (Å²) in [6.07, 6.45) is -0.879. The SMILES string of the molecule is O=C(Cc1ccc(Cl)cc1)NC(NC(=O)Cc1ccc(Cl)cc1)c1ccccc1F. The molecule has 7 heteroatoms. The molecule has 3 aromatic rings. The number of hydrogen-bond acceptors (Lipinski definition) is 2. The van der Waals surface area contributed by atoms with Gasteiger partial charge in [-0.2, -0.15) is 0 Å². The first kappa shape index (κ1) is 21.8. The molecule has 3 rings (SSSR count). The third-order valence-electron chi connectivity index (χ3n) is 4.38. The first-order valence-corrected chi connectivity index (χ1v) is 9.98. The average molecular weight is 445 g/mol. The second kappa shape index (κ2) is 10.2.